The summed E-state index contributed by atoms with van der Waals surface area (Å²) in [6.45, 7) is 22.2. The molecule has 0 bridgehead atoms. The van der Waals surface area contributed by atoms with Crippen LogP contribution in [0, 0.1) is 80.5 Å². The van der Waals surface area contributed by atoms with Gasteiger partial charge < -0.3 is 22.1 Å². The molecule has 15 nitrogen and oxygen atoms in total. The number of aromatic nitrogens is 10. The molecular weight excluding hydrogens is 1650 g/mol. The van der Waals surface area contributed by atoms with Crippen molar-refractivity contribution in [2.45, 2.75) is 212 Å². The highest BCUT2D eigenvalue weighted by Gasteiger charge is 2.31. The maximum atomic E-state index is 8.98. The van der Waals surface area contributed by atoms with Gasteiger partial charge in [-0.05, 0) is 235 Å². The number of benzene rings is 5. The summed E-state index contributed by atoms with van der Waals surface area (Å²) in [7, 11) is 10.1. The topological polar surface area (TPSA) is 150 Å². The van der Waals surface area contributed by atoms with E-state index in [-0.39, 0.29) is 36.8 Å². The summed E-state index contributed by atoms with van der Waals surface area (Å²) in [6, 6.07) is 60.3. The van der Waals surface area contributed by atoms with Gasteiger partial charge >= 0.3 is 0 Å². The minimum absolute atomic E-state index is 0.00507. The Labute approximate surface area is 813 Å². The molecule has 680 valence electrons. The van der Waals surface area contributed by atoms with Crippen LogP contribution in [0.2, 0.25) is 0 Å². The Morgan fingerprint density at radius 2 is 0.642 bits per heavy atom. The van der Waals surface area contributed by atoms with Crippen molar-refractivity contribution in [3.8, 4) is 56.3 Å². The second-order valence-electron chi connectivity index (χ2n) is 37.9. The molecule has 0 aliphatic heterocycles. The van der Waals surface area contributed by atoms with Gasteiger partial charge in [0.15, 0.2) is 58.9 Å². The van der Waals surface area contributed by atoms with Crippen molar-refractivity contribution in [3.63, 3.8) is 0 Å². The average molecular weight is 1800 g/mol. The highest BCUT2D eigenvalue weighted by Crippen LogP contribution is 2.45. The summed E-state index contributed by atoms with van der Waals surface area (Å²) >= 11 is 0. The van der Waals surface area contributed by atoms with Gasteiger partial charge in [-0.15, -0.1) is 0 Å². The molecule has 20 aromatic rings. The van der Waals surface area contributed by atoms with Crippen molar-refractivity contribution in [1.82, 2.24) is 24.9 Å². The highest BCUT2D eigenvalue weighted by atomic mass is 16.4. The summed E-state index contributed by atoms with van der Waals surface area (Å²) in [6.07, 6.45) is 6.56. The molecule has 2 aliphatic rings. The molecular formula is C119H129N10O5+5. The Morgan fingerprint density at radius 1 is 0.351 bits per heavy atom. The Morgan fingerprint density at radius 3 is 0.970 bits per heavy atom. The molecule has 0 N–H and O–H groups in total. The maximum Gasteiger partial charge on any atom is 0.227 e. The minimum Gasteiger partial charge on any atom is -0.437 e. The third-order valence-electron chi connectivity index (χ3n) is 25.7. The first kappa shape index (κ1) is 71.3. The number of fused-ring (bicyclic) bond motifs is 15. The predicted octanol–water partition coefficient (Wildman–Crippen LogP) is 28.2. The Hall–Kier alpha value is -13.4. The fourth-order valence-electron chi connectivity index (χ4n) is 18.5. The van der Waals surface area contributed by atoms with Gasteiger partial charge in [0.1, 0.15) is 35.2 Å². The fourth-order valence-corrected chi connectivity index (χ4v) is 18.5. The summed E-state index contributed by atoms with van der Waals surface area (Å²) in [5, 5.41) is 9.29. The number of hydrogen-bond acceptors (Lipinski definition) is 10. The van der Waals surface area contributed by atoms with Crippen LogP contribution in [0.4, 0.5) is 0 Å². The van der Waals surface area contributed by atoms with Gasteiger partial charge in [-0.2, -0.15) is 0 Å². The van der Waals surface area contributed by atoms with E-state index in [9.17, 15) is 0 Å². The third kappa shape index (κ3) is 18.3. The quantitative estimate of drug-likeness (QED) is 0.121. The average Bonchev–Trinajstić information content (AvgIpc) is 1.13. The molecule has 2 aliphatic carbocycles. The lowest BCUT2D eigenvalue weighted by molar-refractivity contribution is -0.660. The minimum atomic E-state index is -2.67. The highest BCUT2D eigenvalue weighted by molar-refractivity contribution is 6.13. The zero-order valence-electron chi connectivity index (χ0n) is 98.4. The van der Waals surface area contributed by atoms with Gasteiger partial charge in [0.2, 0.25) is 57.0 Å². The van der Waals surface area contributed by atoms with Crippen LogP contribution in [0.5, 0.6) is 0 Å². The number of rotatable bonds is 10. The predicted molar refractivity (Wildman–Crippen MR) is 545 cm³/mol. The molecule has 2 fully saturated rings. The van der Waals surface area contributed by atoms with Crippen molar-refractivity contribution in [2.24, 2.45) is 46.5 Å². The van der Waals surface area contributed by atoms with Gasteiger partial charge in [-0.1, -0.05) is 148 Å². The van der Waals surface area contributed by atoms with Crippen molar-refractivity contribution < 1.29 is 69.6 Å². The van der Waals surface area contributed by atoms with Crippen LogP contribution < -0.4 is 22.8 Å². The van der Waals surface area contributed by atoms with Crippen LogP contribution in [0.15, 0.2) is 235 Å². The first-order valence-corrected chi connectivity index (χ1v) is 46.1. The number of pyridine rings is 10. The van der Waals surface area contributed by atoms with E-state index in [1.807, 2.05) is 150 Å². The molecule has 15 heterocycles. The molecule has 22 rings (SSSR count). The zero-order valence-corrected chi connectivity index (χ0v) is 80.4. The third-order valence-corrected chi connectivity index (χ3v) is 25.7. The van der Waals surface area contributed by atoms with Crippen LogP contribution in [0.25, 0.3) is 167 Å². The molecule has 0 radical (unpaired) electrons. The first-order chi connectivity index (χ1) is 71.1. The van der Waals surface area contributed by atoms with E-state index < -0.39 is 62.8 Å². The molecule has 0 saturated heterocycles. The monoisotopic (exact) mass is 1800 g/mol. The number of hydrogen-bond donors (Lipinski definition) is 0. The largest absolute Gasteiger partial charge is 0.437 e. The van der Waals surface area contributed by atoms with Crippen LogP contribution in [0.1, 0.15) is 233 Å². The van der Waals surface area contributed by atoms with Gasteiger partial charge in [0.05, 0.1) is 27.8 Å². The van der Waals surface area contributed by atoms with Gasteiger partial charge in [-0.3, -0.25) is 0 Å². The van der Waals surface area contributed by atoms with Gasteiger partial charge in [0.25, 0.3) is 0 Å². The zero-order chi connectivity index (χ0) is 110. The van der Waals surface area contributed by atoms with E-state index in [4.69, 9.17) is 51.7 Å². The SMILES string of the molecule is Cc1cc[n+](C)c(-c2c(C)ccc3c2oc2nc(C(C)(C)C)ccc23)c1.[2H]C([2H])([2H])C(C)(Cc1ccc2c(n1)oc1c(-c3cc(C)cc[n+]3C)c(C)ccc12)C([2H])([2H])[2H].[2H]C([2H])([2H])C([2H])(C)Cc1ccc2c(n1)oc1c(-c3cc(C)cc[n+]3C)c(C)ccc12.[2H]C1([2H])CCCC([2H])([2H])C1([2H])c1ccc2c(n1)oc1c(-c3cc(C)cc[n+]3C)c(C)ccc12.[2H]C1([2H])CCCC1([2H])c1ccc2c(n1)oc1c(-c3cc(C)cc[n+]3C)c(C)ccc12. The normalized spacial score (nSPS) is 18.4. The lowest BCUT2D eigenvalue weighted by Gasteiger charge is -2.20. The van der Waals surface area contributed by atoms with Crippen molar-refractivity contribution >= 4 is 110 Å². The molecule has 0 amide bonds. The van der Waals surface area contributed by atoms with E-state index in [0.717, 1.165) is 177 Å². The van der Waals surface area contributed by atoms with Crippen LogP contribution in [0.3, 0.4) is 0 Å². The lowest BCUT2D eigenvalue weighted by Crippen LogP contribution is -2.30. The number of furan rings is 5. The molecule has 134 heavy (non-hydrogen) atoms. The summed E-state index contributed by atoms with van der Waals surface area (Å²) in [4.78, 5) is 23.2. The van der Waals surface area contributed by atoms with Crippen LogP contribution >= 0.6 is 0 Å². The molecule has 5 aromatic carbocycles. The van der Waals surface area contributed by atoms with E-state index in [1.165, 1.54) is 30.5 Å². The number of aryl methyl sites for hydroxylation is 15. The molecule has 15 heteroatoms. The summed E-state index contributed by atoms with van der Waals surface area (Å²) < 4.78 is 188. The van der Waals surface area contributed by atoms with Crippen molar-refractivity contribution in [2.75, 3.05) is 0 Å². The maximum absolute atomic E-state index is 8.98. The van der Waals surface area contributed by atoms with E-state index in [1.54, 1.807) is 30.3 Å². The Kier molecular flexibility index (Phi) is 19.6. The Balaban J connectivity index is 0.000000124. The van der Waals surface area contributed by atoms with Crippen molar-refractivity contribution in [3.05, 3.63) is 297 Å². The van der Waals surface area contributed by atoms with Gasteiger partial charge in [-0.25, -0.2) is 47.8 Å². The molecule has 0 spiro atoms. The van der Waals surface area contributed by atoms with Gasteiger partial charge in [0, 0.05) is 185 Å². The Bertz CT molecular complexity index is 8830. The lowest BCUT2D eigenvalue weighted by atomic mass is 9.86. The standard InChI is InChI=1S/C25H27N2O.C24H25N2O.C24H27N2O.2C23H25N2O/c1-16-13-14-27(3)22(15-16)23-17(2)9-10-19-20-11-12-21(18-7-5-4-6-8-18)26-25(20)28-24(19)23;1-15-12-13-26(3)21(14-15)22-16(2)8-9-18-19-10-11-20(17-6-4-5-7-17)25-24(19)27-23(18)22;1-15-11-12-26(6)20(13-15)21-16(2)7-9-18-19-10-8-17(14-24(3,4)5)25-23(19)27-22(18)21;1-14-11-12-25(6)18(13-14)20-15(2)7-8-16-17-9-10-19(23(3,4)5)24-22(17)26-21(16)20;1-14(2)12-17-7-9-19-18-8-6-16(4)21(22(18)26-23(19)24-17)20-13-15(3)10-11-25(20)5/h9-15,18H,4-8H2,1-3H3;8-14,17H,4-7H2,1-3H3;7-13H,14H2,1-6H3;7-13H,1-6H3;6-11,13-14H,12H2,1-5H3/q5*+1/i7D2,8D2,18D;6D2,17D;3D3,4D3;;1D3,14D. The number of nitrogens with zero attached hydrogens (tertiary/aromatic N) is 10. The molecule has 15 aromatic heterocycles. The summed E-state index contributed by atoms with van der Waals surface area (Å²) in [5.74, 6) is -5.06. The second-order valence-corrected chi connectivity index (χ2v) is 37.9. The molecule has 2 unspecified atom stereocenters. The second kappa shape index (κ2) is 36.9. The molecule has 2 saturated carbocycles. The molecule has 2 atom stereocenters. The summed E-state index contributed by atoms with van der Waals surface area (Å²) in [5.41, 5.74) is 28.5. The van der Waals surface area contributed by atoms with Crippen molar-refractivity contribution in [1.29, 1.82) is 0 Å². The van der Waals surface area contributed by atoms with E-state index in [2.05, 4.69) is 200 Å². The first-order valence-electron chi connectivity index (χ1n) is 55.1. The van der Waals surface area contributed by atoms with Crippen LogP contribution in [-0.2, 0) is 53.5 Å². The van der Waals surface area contributed by atoms with E-state index >= 15 is 0 Å². The fraction of sp³-hybridized carbons (Fsp3) is 0.328. The smallest absolute Gasteiger partial charge is 0.227 e. The van der Waals surface area contributed by atoms with E-state index in [0.29, 0.717) is 76.8 Å². The van der Waals surface area contributed by atoms with Crippen LogP contribution in [-0.4, -0.2) is 24.9 Å².